The molecule has 0 bridgehead atoms. The van der Waals surface area contributed by atoms with Gasteiger partial charge >= 0.3 is 0 Å². The Bertz CT molecular complexity index is 1430. The second-order valence-corrected chi connectivity index (χ2v) is 9.00. The van der Waals surface area contributed by atoms with Gasteiger partial charge in [-0.15, -0.1) is 0 Å². The molecule has 1 aliphatic rings. The van der Waals surface area contributed by atoms with Gasteiger partial charge in [0.1, 0.15) is 11.5 Å². The Morgan fingerprint density at radius 1 is 1.18 bits per heavy atom. The van der Waals surface area contributed by atoms with Crippen LogP contribution in [0.5, 0.6) is 0 Å². The molecule has 1 aromatic carbocycles. The number of fused-ring (bicyclic) bond motifs is 2. The first kappa shape index (κ1) is 22.0. The van der Waals surface area contributed by atoms with E-state index in [2.05, 4.69) is 68.8 Å². The van der Waals surface area contributed by atoms with Gasteiger partial charge in [-0.05, 0) is 38.0 Å². The van der Waals surface area contributed by atoms with E-state index >= 15 is 0 Å². The van der Waals surface area contributed by atoms with E-state index in [1.165, 1.54) is 5.56 Å². The maximum Gasteiger partial charge on any atom is 0.253 e. The fourth-order valence-electron chi connectivity index (χ4n) is 5.06. The zero-order valence-corrected chi connectivity index (χ0v) is 19.6. The van der Waals surface area contributed by atoms with Gasteiger partial charge in [-0.2, -0.15) is 10.4 Å². The fraction of sp³-hybridized carbons (Fsp3) is 0.400. The number of nitrogens with zero attached hydrogens (tertiary/aromatic N) is 7. The van der Waals surface area contributed by atoms with Crippen LogP contribution in [0.25, 0.3) is 16.7 Å². The van der Waals surface area contributed by atoms with Crippen LogP contribution in [0.15, 0.2) is 47.5 Å². The molecule has 3 aromatic heterocycles. The third-order valence-corrected chi connectivity index (χ3v) is 6.87. The van der Waals surface area contributed by atoms with Gasteiger partial charge in [0.2, 0.25) is 0 Å². The zero-order chi connectivity index (χ0) is 23.8. The van der Waals surface area contributed by atoms with Gasteiger partial charge in [0.15, 0.2) is 0 Å². The van der Waals surface area contributed by atoms with Crippen LogP contribution in [0.1, 0.15) is 44.5 Å². The Balaban J connectivity index is 1.46. The van der Waals surface area contributed by atoms with E-state index in [0.29, 0.717) is 17.4 Å². The summed E-state index contributed by atoms with van der Waals surface area (Å²) in [5.41, 5.74) is 4.12. The molecule has 0 amide bonds. The molecule has 1 saturated heterocycles. The molecule has 5 rings (SSSR count). The Morgan fingerprint density at radius 3 is 2.74 bits per heavy atom. The number of aromatic amines is 1. The van der Waals surface area contributed by atoms with Crippen molar-refractivity contribution in [3.63, 3.8) is 0 Å². The van der Waals surface area contributed by atoms with Crippen molar-refractivity contribution >= 4 is 22.5 Å². The highest BCUT2D eigenvalue weighted by atomic mass is 16.1. The fourth-order valence-corrected chi connectivity index (χ4v) is 5.06. The van der Waals surface area contributed by atoms with Crippen molar-refractivity contribution in [2.45, 2.75) is 51.7 Å². The molecule has 1 N–H and O–H groups in total. The van der Waals surface area contributed by atoms with Gasteiger partial charge < -0.3 is 9.88 Å². The maximum atomic E-state index is 12.4. The van der Waals surface area contributed by atoms with Crippen molar-refractivity contribution in [3.05, 3.63) is 64.3 Å². The van der Waals surface area contributed by atoms with Gasteiger partial charge in [0.05, 0.1) is 29.2 Å². The van der Waals surface area contributed by atoms with Crippen LogP contribution < -0.4 is 10.5 Å². The highest BCUT2D eigenvalue weighted by Gasteiger charge is 2.35. The minimum absolute atomic E-state index is 0.166. The lowest BCUT2D eigenvalue weighted by atomic mass is 9.98. The Kier molecular flexibility index (Phi) is 5.75. The summed E-state index contributed by atoms with van der Waals surface area (Å²) < 4.78 is 1.76. The summed E-state index contributed by atoms with van der Waals surface area (Å²) in [4.78, 5) is 29.0. The van der Waals surface area contributed by atoms with Gasteiger partial charge in [0, 0.05) is 55.7 Å². The lowest BCUT2D eigenvalue weighted by molar-refractivity contribution is 0.105. The van der Waals surface area contributed by atoms with Crippen molar-refractivity contribution in [1.82, 2.24) is 29.5 Å². The maximum absolute atomic E-state index is 12.4. The van der Waals surface area contributed by atoms with Gasteiger partial charge in [-0.1, -0.05) is 13.0 Å². The number of piperazine rings is 1. The van der Waals surface area contributed by atoms with Gasteiger partial charge in [-0.25, -0.2) is 4.52 Å². The van der Waals surface area contributed by atoms with E-state index < -0.39 is 0 Å². The molecular formula is C25H28N8O. The molecule has 0 saturated carbocycles. The number of hydrogen-bond acceptors (Lipinski definition) is 7. The number of benzene rings is 1. The minimum atomic E-state index is -0.167. The number of aromatic nitrogens is 5. The summed E-state index contributed by atoms with van der Waals surface area (Å²) in [5.74, 6) is 0.766. The lowest BCUT2D eigenvalue weighted by Gasteiger charge is -2.48. The van der Waals surface area contributed by atoms with Gasteiger partial charge in [-0.3, -0.25) is 19.7 Å². The van der Waals surface area contributed by atoms with Crippen molar-refractivity contribution in [1.29, 1.82) is 5.26 Å². The molecule has 9 nitrogen and oxygen atoms in total. The Labute approximate surface area is 197 Å². The molecule has 4 aromatic rings. The molecule has 174 valence electrons. The molecule has 0 spiro atoms. The number of anilines is 1. The molecule has 9 heteroatoms. The zero-order valence-electron chi connectivity index (χ0n) is 19.6. The number of hydrogen-bond donors (Lipinski definition) is 1. The summed E-state index contributed by atoms with van der Waals surface area (Å²) in [7, 11) is 0. The SMILES string of the molecule is CC[C@@H]1CN(c2cc(=O)[nH]c3cc(CC#N)nn23)[C@@H](C)CN1[C@@H](C)c1ccc2nccnc2c1. The van der Waals surface area contributed by atoms with Crippen LogP contribution >= 0.6 is 0 Å². The highest BCUT2D eigenvalue weighted by molar-refractivity contribution is 5.74. The highest BCUT2D eigenvalue weighted by Crippen LogP contribution is 2.31. The second-order valence-electron chi connectivity index (χ2n) is 9.00. The third-order valence-electron chi connectivity index (χ3n) is 6.87. The van der Waals surface area contributed by atoms with E-state index in [4.69, 9.17) is 5.26 Å². The summed E-state index contributed by atoms with van der Waals surface area (Å²) >= 11 is 0. The van der Waals surface area contributed by atoms with Crippen molar-refractivity contribution < 1.29 is 0 Å². The predicted molar refractivity (Wildman–Crippen MR) is 131 cm³/mol. The van der Waals surface area contributed by atoms with E-state index in [9.17, 15) is 4.79 Å². The monoisotopic (exact) mass is 456 g/mol. The molecule has 0 unspecified atom stereocenters. The molecular weight excluding hydrogens is 428 g/mol. The Morgan fingerprint density at radius 2 is 1.97 bits per heavy atom. The van der Waals surface area contributed by atoms with Crippen molar-refractivity contribution in [2.24, 2.45) is 0 Å². The first-order valence-corrected chi connectivity index (χ1v) is 11.7. The van der Waals surface area contributed by atoms with Gasteiger partial charge in [0.25, 0.3) is 5.56 Å². The van der Waals surface area contributed by atoms with Crippen LogP contribution in [0, 0.1) is 11.3 Å². The minimum Gasteiger partial charge on any atom is -0.351 e. The summed E-state index contributed by atoms with van der Waals surface area (Å²) in [6, 6.07) is 12.5. The summed E-state index contributed by atoms with van der Waals surface area (Å²) in [6.45, 7) is 8.26. The number of nitrogens with one attached hydrogen (secondary N) is 1. The van der Waals surface area contributed by atoms with Crippen LogP contribution in [-0.2, 0) is 6.42 Å². The van der Waals surface area contributed by atoms with E-state index in [0.717, 1.165) is 36.4 Å². The van der Waals surface area contributed by atoms with Crippen molar-refractivity contribution in [2.75, 3.05) is 18.0 Å². The standard InChI is InChI=1S/C25H28N8O/c1-4-20-15-31(25-13-24(34)29-23-12-19(7-8-26)30-33(23)25)16(2)14-32(20)17(3)18-5-6-21-22(11-18)28-10-9-27-21/h5-6,9-13,16-17,20H,4,7,14-15H2,1-3H3,(H,29,34)/t16-,17-,20+/m0/s1. The summed E-state index contributed by atoms with van der Waals surface area (Å²) in [6.07, 6.45) is 4.63. The normalized spacial score (nSPS) is 20.0. The van der Waals surface area contributed by atoms with Crippen LogP contribution in [0.2, 0.25) is 0 Å². The Hall–Kier alpha value is -3.77. The number of rotatable bonds is 5. The van der Waals surface area contributed by atoms with Crippen LogP contribution in [0.3, 0.4) is 0 Å². The topological polar surface area (TPSA) is 106 Å². The number of H-pyrrole nitrogens is 1. The molecule has 0 radical (unpaired) electrons. The molecule has 1 aliphatic heterocycles. The second kappa shape index (κ2) is 8.88. The largest absolute Gasteiger partial charge is 0.351 e. The molecule has 3 atom stereocenters. The first-order chi connectivity index (χ1) is 16.5. The quantitative estimate of drug-likeness (QED) is 0.492. The van der Waals surface area contributed by atoms with E-state index in [1.54, 1.807) is 29.0 Å². The third kappa shape index (κ3) is 3.90. The smallest absolute Gasteiger partial charge is 0.253 e. The average Bonchev–Trinajstić information content (AvgIpc) is 3.25. The van der Waals surface area contributed by atoms with Crippen molar-refractivity contribution in [3.8, 4) is 6.07 Å². The average molecular weight is 457 g/mol. The van der Waals surface area contributed by atoms with Crippen LogP contribution in [-0.4, -0.2) is 54.6 Å². The lowest BCUT2D eigenvalue weighted by Crippen LogP contribution is -2.58. The molecule has 4 heterocycles. The molecule has 34 heavy (non-hydrogen) atoms. The number of nitriles is 1. The molecule has 0 aliphatic carbocycles. The summed E-state index contributed by atoms with van der Waals surface area (Å²) in [5, 5.41) is 13.7. The molecule has 1 fully saturated rings. The van der Waals surface area contributed by atoms with E-state index in [1.807, 2.05) is 6.07 Å². The van der Waals surface area contributed by atoms with Crippen LogP contribution in [0.4, 0.5) is 5.82 Å². The predicted octanol–water partition coefficient (Wildman–Crippen LogP) is 3.08. The first-order valence-electron chi connectivity index (χ1n) is 11.7. The van der Waals surface area contributed by atoms with E-state index in [-0.39, 0.29) is 24.1 Å².